The van der Waals surface area contributed by atoms with Crippen LogP contribution in [0.3, 0.4) is 0 Å². The monoisotopic (exact) mass is 368 g/mol. The van der Waals surface area contributed by atoms with Gasteiger partial charge in [0.05, 0.1) is 5.56 Å². The number of para-hydroxylation sites is 1. The Morgan fingerprint density at radius 3 is 2.63 bits per heavy atom. The summed E-state index contributed by atoms with van der Waals surface area (Å²) in [5.74, 6) is -0.852. The second-order valence-corrected chi connectivity index (χ2v) is 6.39. The van der Waals surface area contributed by atoms with Crippen LogP contribution < -0.4 is 5.32 Å². The number of carbonyl (C=O) groups is 2. The molecular formula is C21H24N2O4. The van der Waals surface area contributed by atoms with Crippen molar-refractivity contribution in [2.45, 2.75) is 38.5 Å². The average Bonchev–Trinajstić information content (AvgIpc) is 2.76. The molecule has 2 aromatic rings. The van der Waals surface area contributed by atoms with Crippen molar-refractivity contribution in [2.24, 2.45) is 0 Å². The third-order valence-corrected chi connectivity index (χ3v) is 4.51. The van der Waals surface area contributed by atoms with Gasteiger partial charge in [-0.1, -0.05) is 37.1 Å². The molecule has 1 aromatic heterocycles. The van der Waals surface area contributed by atoms with Crippen molar-refractivity contribution in [2.75, 3.05) is 5.32 Å². The van der Waals surface area contributed by atoms with Crippen LogP contribution in [0.25, 0.3) is 5.57 Å². The fourth-order valence-corrected chi connectivity index (χ4v) is 3.21. The molecule has 0 saturated carbocycles. The van der Waals surface area contributed by atoms with Crippen LogP contribution >= 0.6 is 0 Å². The molecule has 1 aromatic carbocycles. The topological polar surface area (TPSA) is 111 Å². The van der Waals surface area contributed by atoms with E-state index in [1.165, 1.54) is 0 Å². The molecule has 0 unspecified atom stereocenters. The van der Waals surface area contributed by atoms with Crippen molar-refractivity contribution in [3.8, 4) is 0 Å². The van der Waals surface area contributed by atoms with Gasteiger partial charge >= 0.3 is 5.97 Å². The zero-order chi connectivity index (χ0) is 18.4. The van der Waals surface area contributed by atoms with Crippen molar-refractivity contribution in [1.29, 1.82) is 0 Å². The van der Waals surface area contributed by atoms with Crippen molar-refractivity contribution in [1.82, 2.24) is 4.98 Å². The van der Waals surface area contributed by atoms with Crippen molar-refractivity contribution >= 4 is 23.1 Å². The fourth-order valence-electron chi connectivity index (χ4n) is 3.21. The molecule has 1 aliphatic rings. The number of pyridine rings is 1. The van der Waals surface area contributed by atoms with E-state index in [1.807, 2.05) is 24.3 Å². The van der Waals surface area contributed by atoms with E-state index < -0.39 is 5.97 Å². The molecule has 142 valence electrons. The Morgan fingerprint density at radius 1 is 1.04 bits per heavy atom. The summed E-state index contributed by atoms with van der Waals surface area (Å²) in [5.41, 5.74) is 4.30. The summed E-state index contributed by atoms with van der Waals surface area (Å²) >= 11 is 0. The number of allylic oxidation sites excluding steroid dienone is 1. The lowest BCUT2D eigenvalue weighted by Crippen LogP contribution is -2.11. The maximum atomic E-state index is 12.5. The highest BCUT2D eigenvalue weighted by Crippen LogP contribution is 2.35. The lowest BCUT2D eigenvalue weighted by atomic mass is 9.94. The first-order valence-electron chi connectivity index (χ1n) is 8.94. The largest absolute Gasteiger partial charge is 0.481 e. The zero-order valence-corrected chi connectivity index (χ0v) is 15.1. The summed E-state index contributed by atoms with van der Waals surface area (Å²) in [4.78, 5) is 27.2. The first kappa shape index (κ1) is 20.3. The standard InChI is InChI=1S/C21H22N2O3.H2O/c24-20(25)11-5-3-1-2-4-8-15-16-9-6-7-10-19(16)23-21(26)17-12-13-22-14-18(15)17;/h6-10,12-14H,1-5,11H2,(H,23,26)(H,24,25);1H2/b15-8+;. The van der Waals surface area contributed by atoms with Gasteiger partial charge in [0.15, 0.2) is 0 Å². The number of hydrogen-bond acceptors (Lipinski definition) is 3. The lowest BCUT2D eigenvalue weighted by Gasteiger charge is -2.10. The summed E-state index contributed by atoms with van der Waals surface area (Å²) in [6, 6.07) is 9.54. The Labute approximate surface area is 158 Å². The second-order valence-electron chi connectivity index (χ2n) is 6.39. The highest BCUT2D eigenvalue weighted by atomic mass is 16.4. The summed E-state index contributed by atoms with van der Waals surface area (Å²) in [6.07, 6.45) is 10.3. The number of nitrogens with one attached hydrogen (secondary N) is 1. The number of carbonyl (C=O) groups excluding carboxylic acids is 1. The van der Waals surface area contributed by atoms with Gasteiger partial charge in [-0.15, -0.1) is 0 Å². The summed E-state index contributed by atoms with van der Waals surface area (Å²) < 4.78 is 0. The van der Waals surface area contributed by atoms with Gasteiger partial charge in [-0.3, -0.25) is 14.6 Å². The molecule has 1 amide bonds. The summed E-state index contributed by atoms with van der Waals surface area (Å²) in [6.45, 7) is 0. The maximum absolute atomic E-state index is 12.5. The van der Waals surface area contributed by atoms with Gasteiger partial charge in [0.25, 0.3) is 5.91 Å². The van der Waals surface area contributed by atoms with Crippen LogP contribution in [0.1, 0.15) is 60.0 Å². The Kier molecular flexibility index (Phi) is 7.25. The molecule has 0 spiro atoms. The smallest absolute Gasteiger partial charge is 0.303 e. The number of aromatic nitrogens is 1. The number of nitrogens with zero attached hydrogens (tertiary/aromatic N) is 1. The van der Waals surface area contributed by atoms with E-state index in [1.54, 1.807) is 18.5 Å². The molecule has 4 N–H and O–H groups in total. The summed E-state index contributed by atoms with van der Waals surface area (Å²) in [7, 11) is 0. The number of unbranched alkanes of at least 4 members (excludes halogenated alkanes) is 4. The van der Waals surface area contributed by atoms with Gasteiger partial charge in [-0.05, 0) is 37.0 Å². The second kappa shape index (κ2) is 9.64. The van der Waals surface area contributed by atoms with Crippen LogP contribution in [0.15, 0.2) is 48.8 Å². The van der Waals surface area contributed by atoms with E-state index in [9.17, 15) is 9.59 Å². The molecule has 0 radical (unpaired) electrons. The average molecular weight is 368 g/mol. The Bertz CT molecular complexity index is 846. The number of benzene rings is 1. The number of carboxylic acids is 1. The van der Waals surface area contributed by atoms with Gasteiger partial charge < -0.3 is 15.9 Å². The molecule has 27 heavy (non-hydrogen) atoms. The number of carboxylic acid groups (broad SMARTS) is 1. The summed E-state index contributed by atoms with van der Waals surface area (Å²) in [5, 5.41) is 11.6. The normalized spacial score (nSPS) is 13.8. The van der Waals surface area contributed by atoms with Gasteiger partial charge in [-0.2, -0.15) is 0 Å². The molecule has 6 nitrogen and oxygen atoms in total. The highest BCUT2D eigenvalue weighted by molar-refractivity contribution is 6.12. The third-order valence-electron chi connectivity index (χ3n) is 4.51. The number of rotatable bonds is 7. The number of amides is 1. The van der Waals surface area contributed by atoms with Crippen LogP contribution in [0.4, 0.5) is 5.69 Å². The molecule has 3 rings (SSSR count). The first-order chi connectivity index (χ1) is 12.7. The van der Waals surface area contributed by atoms with E-state index in [-0.39, 0.29) is 17.8 Å². The number of fused-ring (bicyclic) bond motifs is 2. The minimum atomic E-state index is -0.733. The molecular weight excluding hydrogens is 344 g/mol. The first-order valence-corrected chi connectivity index (χ1v) is 8.94. The van der Waals surface area contributed by atoms with E-state index in [0.29, 0.717) is 5.56 Å². The fraction of sp³-hybridized carbons (Fsp3) is 0.286. The van der Waals surface area contributed by atoms with Gasteiger partial charge in [0.2, 0.25) is 0 Å². The van der Waals surface area contributed by atoms with Crippen molar-refractivity contribution in [3.05, 3.63) is 65.5 Å². The molecule has 0 saturated heterocycles. The molecule has 0 fully saturated rings. The maximum Gasteiger partial charge on any atom is 0.303 e. The molecule has 1 aliphatic heterocycles. The van der Waals surface area contributed by atoms with E-state index >= 15 is 0 Å². The quantitative estimate of drug-likeness (QED) is 0.726. The number of hydrogen-bond donors (Lipinski definition) is 2. The van der Waals surface area contributed by atoms with Gasteiger partial charge in [0.1, 0.15) is 0 Å². The Morgan fingerprint density at radius 2 is 1.81 bits per heavy atom. The number of anilines is 1. The Balaban J connectivity index is 0.00000261. The van der Waals surface area contributed by atoms with Crippen molar-refractivity contribution < 1.29 is 20.2 Å². The van der Waals surface area contributed by atoms with Crippen LogP contribution in [0, 0.1) is 0 Å². The SMILES string of the molecule is O.O=C(O)CCCCCC/C=C1\c2ccccc2NC(=O)c2ccncc21. The lowest BCUT2D eigenvalue weighted by molar-refractivity contribution is -0.137. The predicted octanol–water partition coefficient (Wildman–Crippen LogP) is 3.68. The van der Waals surface area contributed by atoms with E-state index in [4.69, 9.17) is 5.11 Å². The molecule has 6 heteroatoms. The van der Waals surface area contributed by atoms with Gasteiger partial charge in [-0.25, -0.2) is 0 Å². The van der Waals surface area contributed by atoms with Crippen LogP contribution in [0.2, 0.25) is 0 Å². The van der Waals surface area contributed by atoms with Crippen molar-refractivity contribution in [3.63, 3.8) is 0 Å². The van der Waals surface area contributed by atoms with E-state index in [0.717, 1.165) is 54.5 Å². The Hall–Kier alpha value is -2.99. The van der Waals surface area contributed by atoms with Crippen LogP contribution in [-0.4, -0.2) is 27.4 Å². The minimum absolute atomic E-state index is 0. The molecule has 0 atom stereocenters. The van der Waals surface area contributed by atoms with E-state index in [2.05, 4.69) is 16.4 Å². The highest BCUT2D eigenvalue weighted by Gasteiger charge is 2.22. The zero-order valence-electron chi connectivity index (χ0n) is 15.1. The number of aliphatic carboxylic acids is 1. The molecule has 0 aliphatic carbocycles. The van der Waals surface area contributed by atoms with Crippen LogP contribution in [-0.2, 0) is 4.79 Å². The predicted molar refractivity (Wildman–Crippen MR) is 105 cm³/mol. The molecule has 2 heterocycles. The minimum Gasteiger partial charge on any atom is -0.481 e. The van der Waals surface area contributed by atoms with Gasteiger partial charge in [0, 0.05) is 35.6 Å². The third kappa shape index (κ3) is 5.01. The molecule has 0 bridgehead atoms. The van der Waals surface area contributed by atoms with Crippen LogP contribution in [0.5, 0.6) is 0 Å².